The third kappa shape index (κ3) is 38.3. The van der Waals surface area contributed by atoms with E-state index >= 15 is 0 Å². The fourth-order valence-corrected chi connectivity index (χ4v) is 5.53. The maximum atomic E-state index is 12.6. The van der Waals surface area contributed by atoms with E-state index < -0.39 is 6.10 Å². The molecule has 0 N–H and O–H groups in total. The summed E-state index contributed by atoms with van der Waals surface area (Å²) >= 11 is 0. The molecule has 0 rings (SSSR count). The largest absolute Gasteiger partial charge is 0.462 e. The van der Waals surface area contributed by atoms with E-state index in [9.17, 15) is 14.4 Å². The van der Waals surface area contributed by atoms with Crippen molar-refractivity contribution in [2.24, 2.45) is 0 Å². The molecule has 0 aromatic carbocycles. The summed E-state index contributed by atoms with van der Waals surface area (Å²) < 4.78 is 16.6. The molecule has 1 atom stereocenters. The average molecular weight is 727 g/mol. The molecule has 0 saturated carbocycles. The third-order valence-electron chi connectivity index (χ3n) is 8.76. The molecule has 0 saturated heterocycles. The SMILES string of the molecule is CC/C=C\C/C=C\C/C=C\C/C=C\CCCCCCC(=O)OCC(COC(=O)CCCCCCCC)OC(=O)CCCCCCC/C=C\CCCC. The number of ether oxygens (including phenoxy) is 3. The van der Waals surface area contributed by atoms with E-state index in [1.165, 1.54) is 44.9 Å². The number of hydrogen-bond donors (Lipinski definition) is 0. The Bertz CT molecular complexity index is 975. The van der Waals surface area contributed by atoms with Crippen LogP contribution >= 0.6 is 0 Å². The molecule has 0 spiro atoms. The summed E-state index contributed by atoms with van der Waals surface area (Å²) in [6.07, 6.45) is 47.9. The lowest BCUT2D eigenvalue weighted by Crippen LogP contribution is -2.30. The van der Waals surface area contributed by atoms with Gasteiger partial charge in [0, 0.05) is 19.3 Å². The summed E-state index contributed by atoms with van der Waals surface area (Å²) in [6.45, 7) is 6.37. The van der Waals surface area contributed by atoms with Crippen molar-refractivity contribution in [2.75, 3.05) is 13.2 Å². The molecule has 298 valence electrons. The molecule has 0 aromatic heterocycles. The maximum Gasteiger partial charge on any atom is 0.306 e. The maximum absolute atomic E-state index is 12.6. The standard InChI is InChI=1S/C46H78O6/c1-4-7-10-13-16-18-20-21-22-23-24-25-27-28-30-33-36-39-45(48)51-42-43(41-50-44(47)38-35-32-15-12-9-6-3)52-46(49)40-37-34-31-29-26-19-17-14-11-8-5-2/h7,10,14,16-18,21-22,24-25,43H,4-6,8-9,11-13,15,19-20,23,26-42H2,1-3H3/b10-7-,17-14-,18-16-,22-21-,25-24-. The second-order valence-corrected chi connectivity index (χ2v) is 13.9. The Labute approximate surface area is 320 Å². The van der Waals surface area contributed by atoms with E-state index in [0.717, 1.165) is 109 Å². The van der Waals surface area contributed by atoms with Gasteiger partial charge in [0.15, 0.2) is 6.10 Å². The molecule has 0 heterocycles. The van der Waals surface area contributed by atoms with Crippen LogP contribution in [0.4, 0.5) is 0 Å². The van der Waals surface area contributed by atoms with E-state index in [-0.39, 0.29) is 31.1 Å². The number of esters is 3. The first-order valence-corrected chi connectivity index (χ1v) is 21.3. The number of carbonyl (C=O) groups is 3. The van der Waals surface area contributed by atoms with Crippen LogP contribution in [0.3, 0.4) is 0 Å². The van der Waals surface area contributed by atoms with E-state index in [2.05, 4.69) is 81.5 Å². The zero-order chi connectivity index (χ0) is 38.0. The molecule has 0 fully saturated rings. The Balaban J connectivity index is 4.34. The van der Waals surface area contributed by atoms with Gasteiger partial charge in [-0.3, -0.25) is 14.4 Å². The molecule has 6 heteroatoms. The van der Waals surface area contributed by atoms with Crippen LogP contribution in [0.1, 0.15) is 194 Å². The van der Waals surface area contributed by atoms with Gasteiger partial charge >= 0.3 is 17.9 Å². The lowest BCUT2D eigenvalue weighted by molar-refractivity contribution is -0.167. The number of allylic oxidation sites excluding steroid dienone is 10. The number of unbranched alkanes of at least 4 members (excludes halogenated alkanes) is 16. The van der Waals surface area contributed by atoms with Crippen LogP contribution in [0, 0.1) is 0 Å². The summed E-state index contributed by atoms with van der Waals surface area (Å²) in [4.78, 5) is 37.4. The molecule has 0 amide bonds. The van der Waals surface area contributed by atoms with Crippen molar-refractivity contribution in [1.82, 2.24) is 0 Å². The number of carbonyl (C=O) groups excluding carboxylic acids is 3. The van der Waals surface area contributed by atoms with Crippen molar-refractivity contribution >= 4 is 17.9 Å². The molecule has 0 aliphatic heterocycles. The average Bonchev–Trinajstić information content (AvgIpc) is 3.14. The van der Waals surface area contributed by atoms with Crippen LogP contribution in [-0.2, 0) is 28.6 Å². The molecule has 1 unspecified atom stereocenters. The van der Waals surface area contributed by atoms with Crippen LogP contribution in [-0.4, -0.2) is 37.2 Å². The fraction of sp³-hybridized carbons (Fsp3) is 0.717. The summed E-state index contributed by atoms with van der Waals surface area (Å²) in [5.41, 5.74) is 0. The van der Waals surface area contributed by atoms with Gasteiger partial charge in [-0.15, -0.1) is 0 Å². The number of rotatable bonds is 37. The topological polar surface area (TPSA) is 78.9 Å². The molecule has 52 heavy (non-hydrogen) atoms. The monoisotopic (exact) mass is 727 g/mol. The summed E-state index contributed by atoms with van der Waals surface area (Å²) in [5, 5.41) is 0. The van der Waals surface area contributed by atoms with Gasteiger partial charge in [0.05, 0.1) is 0 Å². The second kappa shape index (κ2) is 40.9. The zero-order valence-corrected chi connectivity index (χ0v) is 33.8. The third-order valence-corrected chi connectivity index (χ3v) is 8.76. The Hall–Kier alpha value is -2.89. The van der Waals surface area contributed by atoms with Crippen molar-refractivity contribution in [3.63, 3.8) is 0 Å². The van der Waals surface area contributed by atoms with Gasteiger partial charge in [0.1, 0.15) is 13.2 Å². The van der Waals surface area contributed by atoms with Crippen molar-refractivity contribution in [3.8, 4) is 0 Å². The molecule has 0 aliphatic carbocycles. The Kier molecular flexibility index (Phi) is 38.6. The van der Waals surface area contributed by atoms with Gasteiger partial charge in [-0.1, -0.05) is 159 Å². The summed E-state index contributed by atoms with van der Waals surface area (Å²) in [5.74, 6) is -0.938. The van der Waals surface area contributed by atoms with Crippen LogP contribution < -0.4 is 0 Å². The van der Waals surface area contributed by atoms with E-state index in [4.69, 9.17) is 14.2 Å². The molecule has 0 radical (unpaired) electrons. The van der Waals surface area contributed by atoms with Crippen molar-refractivity contribution in [3.05, 3.63) is 60.8 Å². The molecule has 0 aliphatic rings. The highest BCUT2D eigenvalue weighted by atomic mass is 16.6. The van der Waals surface area contributed by atoms with Gasteiger partial charge in [0.2, 0.25) is 0 Å². The predicted molar refractivity (Wildman–Crippen MR) is 219 cm³/mol. The first-order valence-electron chi connectivity index (χ1n) is 21.3. The summed E-state index contributed by atoms with van der Waals surface area (Å²) in [7, 11) is 0. The fourth-order valence-electron chi connectivity index (χ4n) is 5.53. The van der Waals surface area contributed by atoms with Crippen LogP contribution in [0.15, 0.2) is 60.8 Å². The molecular weight excluding hydrogens is 648 g/mol. The highest BCUT2D eigenvalue weighted by Crippen LogP contribution is 2.12. The lowest BCUT2D eigenvalue weighted by atomic mass is 10.1. The molecule has 6 nitrogen and oxygen atoms in total. The minimum atomic E-state index is -0.782. The molecule has 0 bridgehead atoms. The van der Waals surface area contributed by atoms with Crippen LogP contribution in [0.2, 0.25) is 0 Å². The van der Waals surface area contributed by atoms with Gasteiger partial charge in [-0.05, 0) is 77.0 Å². The van der Waals surface area contributed by atoms with Crippen LogP contribution in [0.25, 0.3) is 0 Å². The van der Waals surface area contributed by atoms with Gasteiger partial charge in [0.25, 0.3) is 0 Å². The predicted octanol–water partition coefficient (Wildman–Crippen LogP) is 13.4. The van der Waals surface area contributed by atoms with E-state index in [1.807, 2.05) is 0 Å². The molecule has 0 aromatic rings. The van der Waals surface area contributed by atoms with Gasteiger partial charge < -0.3 is 14.2 Å². The van der Waals surface area contributed by atoms with Crippen LogP contribution in [0.5, 0.6) is 0 Å². The molecular formula is C46H78O6. The Morgan fingerprint density at radius 1 is 0.404 bits per heavy atom. The Morgan fingerprint density at radius 2 is 0.769 bits per heavy atom. The smallest absolute Gasteiger partial charge is 0.306 e. The van der Waals surface area contributed by atoms with Crippen molar-refractivity contribution in [1.29, 1.82) is 0 Å². The van der Waals surface area contributed by atoms with Gasteiger partial charge in [-0.25, -0.2) is 0 Å². The second-order valence-electron chi connectivity index (χ2n) is 13.9. The quantitative estimate of drug-likeness (QED) is 0.0274. The zero-order valence-electron chi connectivity index (χ0n) is 33.8. The minimum absolute atomic E-state index is 0.0865. The minimum Gasteiger partial charge on any atom is -0.462 e. The highest BCUT2D eigenvalue weighted by molar-refractivity contribution is 5.71. The Morgan fingerprint density at radius 3 is 1.25 bits per heavy atom. The first kappa shape index (κ1) is 49.1. The van der Waals surface area contributed by atoms with Gasteiger partial charge in [-0.2, -0.15) is 0 Å². The van der Waals surface area contributed by atoms with E-state index in [1.54, 1.807) is 0 Å². The van der Waals surface area contributed by atoms with Crippen molar-refractivity contribution in [2.45, 2.75) is 200 Å². The van der Waals surface area contributed by atoms with Crippen molar-refractivity contribution < 1.29 is 28.6 Å². The lowest BCUT2D eigenvalue weighted by Gasteiger charge is -2.18. The van der Waals surface area contributed by atoms with E-state index in [0.29, 0.717) is 19.3 Å². The normalized spacial score (nSPS) is 12.6. The highest BCUT2D eigenvalue weighted by Gasteiger charge is 2.19. The first-order chi connectivity index (χ1) is 25.5. The summed E-state index contributed by atoms with van der Waals surface area (Å²) in [6, 6.07) is 0. The number of hydrogen-bond acceptors (Lipinski definition) is 6.